The maximum absolute atomic E-state index is 12.5. The summed E-state index contributed by atoms with van der Waals surface area (Å²) in [5.74, 6) is -0.154. The molecule has 2 fully saturated rings. The van der Waals surface area contributed by atoms with Crippen molar-refractivity contribution < 1.29 is 9.53 Å². The number of aryl methyl sites for hydroxylation is 2. The number of hydrogen-bond acceptors (Lipinski definition) is 4. The SMILES string of the molecule is Cc1cc(C)c(C(=O)N2CC(N3CCOCC3)C2)c(=O)[nH]1. The quantitative estimate of drug-likeness (QED) is 0.842. The standard InChI is InChI=1S/C15H21N3O3/c1-10-7-11(2)16-14(19)13(10)15(20)18-8-12(9-18)17-3-5-21-6-4-17/h7,12H,3-6,8-9H2,1-2H3,(H,16,19). The highest BCUT2D eigenvalue weighted by Crippen LogP contribution is 2.19. The molecule has 6 nitrogen and oxygen atoms in total. The lowest BCUT2D eigenvalue weighted by Crippen LogP contribution is -2.63. The van der Waals surface area contributed by atoms with Crippen molar-refractivity contribution in [2.24, 2.45) is 0 Å². The van der Waals surface area contributed by atoms with Crippen molar-refractivity contribution in [3.05, 3.63) is 33.2 Å². The summed E-state index contributed by atoms with van der Waals surface area (Å²) in [6.45, 7) is 8.42. The van der Waals surface area contributed by atoms with Crippen molar-refractivity contribution >= 4 is 5.91 Å². The van der Waals surface area contributed by atoms with Crippen LogP contribution >= 0.6 is 0 Å². The monoisotopic (exact) mass is 291 g/mol. The Balaban J connectivity index is 1.67. The third-order valence-corrected chi connectivity index (χ3v) is 4.29. The summed E-state index contributed by atoms with van der Waals surface area (Å²) >= 11 is 0. The van der Waals surface area contributed by atoms with Crippen LogP contribution in [0.3, 0.4) is 0 Å². The molecule has 0 atom stereocenters. The summed E-state index contributed by atoms with van der Waals surface area (Å²) in [7, 11) is 0. The highest BCUT2D eigenvalue weighted by Gasteiger charge is 2.36. The van der Waals surface area contributed by atoms with Gasteiger partial charge in [0.05, 0.1) is 13.2 Å². The van der Waals surface area contributed by atoms with Crippen LogP contribution < -0.4 is 5.56 Å². The van der Waals surface area contributed by atoms with Gasteiger partial charge in [-0.2, -0.15) is 0 Å². The van der Waals surface area contributed by atoms with Crippen LogP contribution in [0.5, 0.6) is 0 Å². The van der Waals surface area contributed by atoms with Crippen LogP contribution in [0.2, 0.25) is 0 Å². The molecule has 114 valence electrons. The van der Waals surface area contributed by atoms with Gasteiger partial charge in [0.2, 0.25) is 0 Å². The van der Waals surface area contributed by atoms with E-state index in [9.17, 15) is 9.59 Å². The summed E-state index contributed by atoms with van der Waals surface area (Å²) in [6.07, 6.45) is 0. The van der Waals surface area contributed by atoms with Crippen molar-refractivity contribution in [3.63, 3.8) is 0 Å². The van der Waals surface area contributed by atoms with Gasteiger partial charge in [0.25, 0.3) is 11.5 Å². The first-order chi connectivity index (χ1) is 10.1. The second-order valence-electron chi connectivity index (χ2n) is 5.85. The molecule has 2 saturated heterocycles. The van der Waals surface area contributed by atoms with Gasteiger partial charge in [0.15, 0.2) is 0 Å². The molecule has 0 aliphatic carbocycles. The lowest BCUT2D eigenvalue weighted by molar-refractivity contribution is -0.0256. The molecule has 0 unspecified atom stereocenters. The van der Waals surface area contributed by atoms with Gasteiger partial charge >= 0.3 is 0 Å². The Morgan fingerprint density at radius 3 is 2.57 bits per heavy atom. The number of carbonyl (C=O) groups is 1. The van der Waals surface area contributed by atoms with Crippen LogP contribution in [-0.4, -0.2) is 66.1 Å². The van der Waals surface area contributed by atoms with Gasteiger partial charge in [-0.1, -0.05) is 0 Å². The molecule has 21 heavy (non-hydrogen) atoms. The van der Waals surface area contributed by atoms with Gasteiger partial charge in [-0.15, -0.1) is 0 Å². The fraction of sp³-hybridized carbons (Fsp3) is 0.600. The normalized spacial score (nSPS) is 20.4. The molecule has 0 bridgehead atoms. The van der Waals surface area contributed by atoms with Gasteiger partial charge in [-0.05, 0) is 25.5 Å². The maximum Gasteiger partial charge on any atom is 0.261 e. The molecule has 0 saturated carbocycles. The molecule has 3 heterocycles. The predicted octanol–water partition coefficient (Wildman–Crippen LogP) is 0.148. The van der Waals surface area contributed by atoms with Gasteiger partial charge in [0.1, 0.15) is 5.56 Å². The fourth-order valence-corrected chi connectivity index (χ4v) is 3.07. The Morgan fingerprint density at radius 2 is 1.95 bits per heavy atom. The largest absolute Gasteiger partial charge is 0.379 e. The van der Waals surface area contributed by atoms with E-state index in [0.717, 1.165) is 37.6 Å². The highest BCUT2D eigenvalue weighted by molar-refractivity contribution is 5.95. The first-order valence-corrected chi connectivity index (χ1v) is 7.38. The van der Waals surface area contributed by atoms with Crippen LogP contribution in [0, 0.1) is 13.8 Å². The molecular formula is C15H21N3O3. The van der Waals surface area contributed by atoms with Crippen molar-refractivity contribution in [1.82, 2.24) is 14.8 Å². The van der Waals surface area contributed by atoms with E-state index in [1.54, 1.807) is 4.90 Å². The molecule has 3 rings (SSSR count). The lowest BCUT2D eigenvalue weighted by atomic mass is 10.0. The first kappa shape index (κ1) is 14.3. The van der Waals surface area contributed by atoms with Gasteiger partial charge in [-0.3, -0.25) is 14.5 Å². The summed E-state index contributed by atoms with van der Waals surface area (Å²) in [4.78, 5) is 31.3. The third-order valence-electron chi connectivity index (χ3n) is 4.29. The van der Waals surface area contributed by atoms with E-state index >= 15 is 0 Å². The molecule has 1 N–H and O–H groups in total. The first-order valence-electron chi connectivity index (χ1n) is 7.38. The number of morpholine rings is 1. The fourth-order valence-electron chi connectivity index (χ4n) is 3.07. The summed E-state index contributed by atoms with van der Waals surface area (Å²) < 4.78 is 5.34. The van der Waals surface area contributed by atoms with E-state index in [-0.39, 0.29) is 17.0 Å². The zero-order valence-corrected chi connectivity index (χ0v) is 12.5. The average Bonchev–Trinajstić information content (AvgIpc) is 2.37. The topological polar surface area (TPSA) is 65.6 Å². The van der Waals surface area contributed by atoms with E-state index < -0.39 is 0 Å². The number of likely N-dealkylation sites (tertiary alicyclic amines) is 1. The van der Waals surface area contributed by atoms with Crippen LogP contribution in [0.15, 0.2) is 10.9 Å². The smallest absolute Gasteiger partial charge is 0.261 e. The molecule has 2 aliphatic heterocycles. The number of ether oxygens (including phenoxy) is 1. The molecule has 0 radical (unpaired) electrons. The Labute approximate surface area is 123 Å². The molecular weight excluding hydrogens is 270 g/mol. The Hall–Kier alpha value is -1.66. The Bertz CT molecular complexity index is 599. The van der Waals surface area contributed by atoms with E-state index in [2.05, 4.69) is 9.88 Å². The highest BCUT2D eigenvalue weighted by atomic mass is 16.5. The Morgan fingerprint density at radius 1 is 1.29 bits per heavy atom. The number of nitrogens with zero attached hydrogens (tertiary/aromatic N) is 2. The second-order valence-corrected chi connectivity index (χ2v) is 5.85. The zero-order chi connectivity index (χ0) is 15.0. The number of pyridine rings is 1. The summed E-state index contributed by atoms with van der Waals surface area (Å²) in [5, 5.41) is 0. The number of carbonyl (C=O) groups excluding carboxylic acids is 1. The van der Waals surface area contributed by atoms with E-state index in [1.165, 1.54) is 0 Å². The second kappa shape index (κ2) is 5.61. The molecule has 1 aromatic rings. The van der Waals surface area contributed by atoms with E-state index in [1.807, 2.05) is 19.9 Å². The van der Waals surface area contributed by atoms with Crippen molar-refractivity contribution in [3.8, 4) is 0 Å². The number of aromatic nitrogens is 1. The van der Waals surface area contributed by atoms with E-state index in [0.29, 0.717) is 19.1 Å². The van der Waals surface area contributed by atoms with E-state index in [4.69, 9.17) is 4.74 Å². The van der Waals surface area contributed by atoms with Crippen LogP contribution in [-0.2, 0) is 4.74 Å². The molecule has 6 heteroatoms. The zero-order valence-electron chi connectivity index (χ0n) is 12.5. The minimum Gasteiger partial charge on any atom is -0.379 e. The average molecular weight is 291 g/mol. The van der Waals surface area contributed by atoms with Gasteiger partial charge < -0.3 is 14.6 Å². The van der Waals surface area contributed by atoms with Crippen LogP contribution in [0.4, 0.5) is 0 Å². The lowest BCUT2D eigenvalue weighted by Gasteiger charge is -2.46. The van der Waals surface area contributed by atoms with Gasteiger partial charge in [-0.25, -0.2) is 0 Å². The number of hydrogen-bond donors (Lipinski definition) is 1. The van der Waals surface area contributed by atoms with Gasteiger partial charge in [0, 0.05) is 37.9 Å². The predicted molar refractivity (Wildman–Crippen MR) is 78.6 cm³/mol. The number of amides is 1. The molecule has 0 aromatic carbocycles. The summed E-state index contributed by atoms with van der Waals surface area (Å²) in [5.41, 5.74) is 1.52. The number of rotatable bonds is 2. The van der Waals surface area contributed by atoms with Crippen molar-refractivity contribution in [1.29, 1.82) is 0 Å². The molecule has 2 aliphatic rings. The molecule has 1 aromatic heterocycles. The van der Waals surface area contributed by atoms with Crippen LogP contribution in [0.25, 0.3) is 0 Å². The van der Waals surface area contributed by atoms with Crippen LogP contribution in [0.1, 0.15) is 21.6 Å². The number of aromatic amines is 1. The molecule has 1 amide bonds. The minimum absolute atomic E-state index is 0.154. The number of nitrogens with one attached hydrogen (secondary N) is 1. The third kappa shape index (κ3) is 2.73. The minimum atomic E-state index is -0.285. The molecule has 0 spiro atoms. The van der Waals surface area contributed by atoms with Crippen molar-refractivity contribution in [2.45, 2.75) is 19.9 Å². The van der Waals surface area contributed by atoms with Crippen molar-refractivity contribution in [2.75, 3.05) is 39.4 Å². The maximum atomic E-state index is 12.5. The Kier molecular flexibility index (Phi) is 3.82. The summed E-state index contributed by atoms with van der Waals surface area (Å²) in [6, 6.07) is 2.25. The number of H-pyrrole nitrogens is 1.